The van der Waals surface area contributed by atoms with E-state index in [1.54, 1.807) is 18.2 Å². The monoisotopic (exact) mass is 367 g/mol. The molecule has 1 aromatic carbocycles. The van der Waals surface area contributed by atoms with Crippen molar-refractivity contribution in [1.29, 1.82) is 5.26 Å². The zero-order valence-electron chi connectivity index (χ0n) is 15.4. The molecule has 1 aliphatic rings. The maximum Gasteiger partial charge on any atom is 0.226 e. The van der Waals surface area contributed by atoms with Gasteiger partial charge in [-0.3, -0.25) is 4.79 Å². The Bertz CT molecular complexity index is 856. The second kappa shape index (κ2) is 8.58. The van der Waals surface area contributed by atoms with Gasteiger partial charge >= 0.3 is 0 Å². The molecule has 2 heterocycles. The third-order valence-electron chi connectivity index (χ3n) is 4.67. The normalized spacial score (nSPS) is 14.1. The zero-order chi connectivity index (χ0) is 19.2. The maximum atomic E-state index is 13.6. The van der Waals surface area contributed by atoms with Gasteiger partial charge in [-0.1, -0.05) is 18.2 Å². The number of nitrogens with zero attached hydrogens (tertiary/aromatic N) is 5. The Morgan fingerprint density at radius 2 is 1.96 bits per heavy atom. The average molecular weight is 367 g/mol. The molecule has 1 aromatic heterocycles. The first kappa shape index (κ1) is 18.8. The molecule has 3 rings (SSSR count). The quantitative estimate of drug-likeness (QED) is 0.812. The number of aryl methyl sites for hydroxylation is 2. The maximum absolute atomic E-state index is 13.6. The summed E-state index contributed by atoms with van der Waals surface area (Å²) in [7, 11) is 0. The lowest BCUT2D eigenvalue weighted by Gasteiger charge is -2.35. The van der Waals surface area contributed by atoms with Gasteiger partial charge in [0.05, 0.1) is 0 Å². The Balaban J connectivity index is 1.49. The van der Waals surface area contributed by atoms with Crippen LogP contribution >= 0.6 is 0 Å². The highest BCUT2D eigenvalue weighted by Gasteiger charge is 2.22. The van der Waals surface area contributed by atoms with Crippen molar-refractivity contribution in [1.82, 2.24) is 14.9 Å². The molecule has 0 saturated carbocycles. The first-order valence-corrected chi connectivity index (χ1v) is 9.09. The van der Waals surface area contributed by atoms with Crippen LogP contribution in [0.25, 0.3) is 0 Å². The Hall–Kier alpha value is -3.01. The number of carbonyl (C=O) groups excluding carboxylic acids is 1. The Kier molecular flexibility index (Phi) is 5.97. The van der Waals surface area contributed by atoms with Gasteiger partial charge in [-0.25, -0.2) is 14.4 Å². The molecule has 1 amide bonds. The van der Waals surface area contributed by atoms with E-state index >= 15 is 0 Å². The van der Waals surface area contributed by atoms with E-state index < -0.39 is 0 Å². The van der Waals surface area contributed by atoms with Crippen molar-refractivity contribution in [3.8, 4) is 6.07 Å². The van der Waals surface area contributed by atoms with Crippen molar-refractivity contribution in [2.24, 2.45) is 0 Å². The molecule has 140 valence electrons. The van der Waals surface area contributed by atoms with Crippen LogP contribution in [0, 0.1) is 24.1 Å². The standard InChI is InChI=1S/C20H22FN5O/c1-15-13-17(14-22)24-20(23-15)26-11-9-25(10-12-26)19(27)8-4-6-16-5-2-3-7-18(16)21/h2-3,5,7,13H,4,6,8-12H2,1H3. The molecular weight excluding hydrogens is 345 g/mol. The van der Waals surface area contributed by atoms with Crippen molar-refractivity contribution in [2.75, 3.05) is 31.1 Å². The van der Waals surface area contributed by atoms with E-state index in [-0.39, 0.29) is 11.7 Å². The number of amides is 1. The zero-order valence-corrected chi connectivity index (χ0v) is 15.4. The number of piperazine rings is 1. The highest BCUT2D eigenvalue weighted by Crippen LogP contribution is 2.15. The SMILES string of the molecule is Cc1cc(C#N)nc(N2CCN(C(=O)CCCc3ccccc3F)CC2)n1. The number of halogens is 1. The summed E-state index contributed by atoms with van der Waals surface area (Å²) in [6.07, 6.45) is 1.60. The molecule has 2 aromatic rings. The summed E-state index contributed by atoms with van der Waals surface area (Å²) in [6, 6.07) is 10.4. The summed E-state index contributed by atoms with van der Waals surface area (Å²) in [5.41, 5.74) is 1.76. The minimum atomic E-state index is -0.214. The highest BCUT2D eigenvalue weighted by atomic mass is 19.1. The number of nitriles is 1. The van der Waals surface area contributed by atoms with Gasteiger partial charge < -0.3 is 9.80 Å². The summed E-state index contributed by atoms with van der Waals surface area (Å²) in [5, 5.41) is 9.05. The summed E-state index contributed by atoms with van der Waals surface area (Å²) < 4.78 is 13.6. The van der Waals surface area contributed by atoms with Crippen molar-refractivity contribution in [2.45, 2.75) is 26.2 Å². The van der Waals surface area contributed by atoms with Crippen LogP contribution in [0.5, 0.6) is 0 Å². The molecular formula is C20H22FN5O. The fourth-order valence-electron chi connectivity index (χ4n) is 3.20. The topological polar surface area (TPSA) is 73.1 Å². The molecule has 0 atom stereocenters. The molecule has 0 aliphatic carbocycles. The third-order valence-corrected chi connectivity index (χ3v) is 4.67. The van der Waals surface area contributed by atoms with Gasteiger partial charge in [-0.2, -0.15) is 5.26 Å². The number of rotatable bonds is 5. The van der Waals surface area contributed by atoms with Crippen LogP contribution in [-0.4, -0.2) is 47.0 Å². The molecule has 27 heavy (non-hydrogen) atoms. The fourth-order valence-corrected chi connectivity index (χ4v) is 3.20. The Labute approximate surface area is 158 Å². The number of aromatic nitrogens is 2. The molecule has 0 bridgehead atoms. The van der Waals surface area contributed by atoms with E-state index in [1.165, 1.54) is 6.07 Å². The van der Waals surface area contributed by atoms with Gasteiger partial charge in [-0.15, -0.1) is 0 Å². The molecule has 0 radical (unpaired) electrons. The molecule has 0 unspecified atom stereocenters. The second-order valence-corrected chi connectivity index (χ2v) is 6.62. The lowest BCUT2D eigenvalue weighted by atomic mass is 10.1. The summed E-state index contributed by atoms with van der Waals surface area (Å²) in [6.45, 7) is 4.29. The van der Waals surface area contributed by atoms with E-state index in [9.17, 15) is 9.18 Å². The molecule has 1 saturated heterocycles. The van der Waals surface area contributed by atoms with Crippen LogP contribution < -0.4 is 4.90 Å². The summed E-state index contributed by atoms with van der Waals surface area (Å²) in [4.78, 5) is 24.9. The van der Waals surface area contributed by atoms with Gasteiger partial charge in [0.25, 0.3) is 0 Å². The van der Waals surface area contributed by atoms with Gasteiger partial charge in [0.2, 0.25) is 11.9 Å². The van der Waals surface area contributed by atoms with Crippen LogP contribution in [0.15, 0.2) is 30.3 Å². The predicted octanol–water partition coefficient (Wildman–Crippen LogP) is 2.47. The smallest absolute Gasteiger partial charge is 0.226 e. The molecule has 6 nitrogen and oxygen atoms in total. The van der Waals surface area contributed by atoms with Crippen LogP contribution in [0.2, 0.25) is 0 Å². The van der Waals surface area contributed by atoms with Crippen LogP contribution in [0.3, 0.4) is 0 Å². The van der Waals surface area contributed by atoms with Gasteiger partial charge in [0.15, 0.2) is 0 Å². The van der Waals surface area contributed by atoms with Crippen molar-refractivity contribution >= 4 is 11.9 Å². The Morgan fingerprint density at radius 3 is 2.67 bits per heavy atom. The van der Waals surface area contributed by atoms with Gasteiger partial charge in [-0.05, 0) is 37.5 Å². The number of benzene rings is 1. The Morgan fingerprint density at radius 1 is 1.22 bits per heavy atom. The lowest BCUT2D eigenvalue weighted by Crippen LogP contribution is -2.49. The van der Waals surface area contributed by atoms with Crippen LogP contribution in [0.4, 0.5) is 10.3 Å². The molecule has 0 N–H and O–H groups in total. The van der Waals surface area contributed by atoms with E-state index in [1.807, 2.05) is 28.9 Å². The molecule has 1 aliphatic heterocycles. The van der Waals surface area contributed by atoms with Crippen LogP contribution in [0.1, 0.15) is 29.8 Å². The first-order valence-electron chi connectivity index (χ1n) is 9.09. The second-order valence-electron chi connectivity index (χ2n) is 6.62. The third kappa shape index (κ3) is 4.79. The average Bonchev–Trinajstić information content (AvgIpc) is 2.69. The van der Waals surface area contributed by atoms with Crippen LogP contribution in [-0.2, 0) is 11.2 Å². The molecule has 7 heteroatoms. The van der Waals surface area contributed by atoms with Crippen molar-refractivity contribution in [3.63, 3.8) is 0 Å². The van der Waals surface area contributed by atoms with E-state index in [2.05, 4.69) is 9.97 Å². The predicted molar refractivity (Wildman–Crippen MR) is 99.6 cm³/mol. The molecule has 1 fully saturated rings. The fraction of sp³-hybridized carbons (Fsp3) is 0.400. The minimum Gasteiger partial charge on any atom is -0.339 e. The van der Waals surface area contributed by atoms with Crippen molar-refractivity contribution < 1.29 is 9.18 Å². The number of anilines is 1. The van der Waals surface area contributed by atoms with E-state index in [0.717, 1.165) is 5.69 Å². The number of hydrogen-bond acceptors (Lipinski definition) is 5. The highest BCUT2D eigenvalue weighted by molar-refractivity contribution is 5.76. The summed E-state index contributed by atoms with van der Waals surface area (Å²) in [5.74, 6) is 0.417. The summed E-state index contributed by atoms with van der Waals surface area (Å²) >= 11 is 0. The first-order chi connectivity index (χ1) is 13.1. The lowest BCUT2D eigenvalue weighted by molar-refractivity contribution is -0.131. The van der Waals surface area contributed by atoms with E-state index in [4.69, 9.17) is 5.26 Å². The van der Waals surface area contributed by atoms with E-state index in [0.29, 0.717) is 62.6 Å². The largest absolute Gasteiger partial charge is 0.339 e. The van der Waals surface area contributed by atoms with Gasteiger partial charge in [0, 0.05) is 38.3 Å². The van der Waals surface area contributed by atoms with Gasteiger partial charge in [0.1, 0.15) is 17.6 Å². The molecule has 0 spiro atoms. The number of carbonyl (C=O) groups is 1. The minimum absolute atomic E-state index is 0.0915. The number of hydrogen-bond donors (Lipinski definition) is 0. The van der Waals surface area contributed by atoms with Crippen molar-refractivity contribution in [3.05, 3.63) is 53.1 Å².